The Labute approximate surface area is 157 Å². The van der Waals surface area contributed by atoms with Crippen molar-refractivity contribution >= 4 is 17.3 Å². The third-order valence-electron chi connectivity index (χ3n) is 4.90. The number of fused-ring (bicyclic) bond motifs is 1. The monoisotopic (exact) mass is 366 g/mol. The van der Waals surface area contributed by atoms with E-state index in [2.05, 4.69) is 15.0 Å². The van der Waals surface area contributed by atoms with Crippen LogP contribution in [0.1, 0.15) is 19.8 Å². The Kier molecular flexibility index (Phi) is 4.66. The minimum absolute atomic E-state index is 0.352. The standard InChI is InChI=1S/C20H22N4O3/c1-2-27-16-7-5-14(6-8-16)17-12-18-19(21-9-11-24(18)22-17)23-10-3-4-15(13-23)20(25)26/h5-9,11-12,15H,2-4,10,13H2,1H3,(H,25,26). The summed E-state index contributed by atoms with van der Waals surface area (Å²) < 4.78 is 7.30. The van der Waals surface area contributed by atoms with E-state index in [9.17, 15) is 9.90 Å². The summed E-state index contributed by atoms with van der Waals surface area (Å²) in [5.41, 5.74) is 2.72. The summed E-state index contributed by atoms with van der Waals surface area (Å²) in [4.78, 5) is 18.0. The van der Waals surface area contributed by atoms with Gasteiger partial charge in [0.2, 0.25) is 0 Å². The van der Waals surface area contributed by atoms with Gasteiger partial charge in [0, 0.05) is 31.0 Å². The number of aliphatic carboxylic acids is 1. The highest BCUT2D eigenvalue weighted by molar-refractivity contribution is 5.77. The van der Waals surface area contributed by atoms with Crippen molar-refractivity contribution in [3.05, 3.63) is 42.7 Å². The summed E-state index contributed by atoms with van der Waals surface area (Å²) in [6, 6.07) is 9.85. The SMILES string of the molecule is CCOc1ccc(-c2cc3c(N4CCCC(C(=O)O)C4)nccn3n2)cc1. The molecule has 1 fully saturated rings. The minimum atomic E-state index is -0.741. The summed E-state index contributed by atoms with van der Waals surface area (Å²) in [5, 5.41) is 14.0. The molecule has 1 unspecified atom stereocenters. The van der Waals surface area contributed by atoms with E-state index >= 15 is 0 Å². The lowest BCUT2D eigenvalue weighted by molar-refractivity contribution is -0.141. The van der Waals surface area contributed by atoms with Gasteiger partial charge in [-0.05, 0) is 50.1 Å². The van der Waals surface area contributed by atoms with Gasteiger partial charge in [-0.15, -0.1) is 0 Å². The normalized spacial score (nSPS) is 17.2. The summed E-state index contributed by atoms with van der Waals surface area (Å²) in [5.74, 6) is 0.526. The van der Waals surface area contributed by atoms with Gasteiger partial charge < -0.3 is 14.7 Å². The number of hydrogen-bond donors (Lipinski definition) is 1. The maximum atomic E-state index is 11.4. The molecular formula is C20H22N4O3. The van der Waals surface area contributed by atoms with Crippen molar-refractivity contribution in [1.29, 1.82) is 0 Å². The molecule has 7 nitrogen and oxygen atoms in total. The predicted octanol–water partition coefficient (Wildman–Crippen LogP) is 3.10. The van der Waals surface area contributed by atoms with Crippen molar-refractivity contribution in [2.45, 2.75) is 19.8 Å². The smallest absolute Gasteiger partial charge is 0.308 e. The Morgan fingerprint density at radius 3 is 2.89 bits per heavy atom. The van der Waals surface area contributed by atoms with Crippen LogP contribution >= 0.6 is 0 Å². The molecule has 1 aliphatic heterocycles. The largest absolute Gasteiger partial charge is 0.494 e. The zero-order valence-electron chi connectivity index (χ0n) is 15.2. The van der Waals surface area contributed by atoms with Gasteiger partial charge in [-0.25, -0.2) is 9.50 Å². The van der Waals surface area contributed by atoms with Gasteiger partial charge in [0.05, 0.1) is 18.2 Å². The van der Waals surface area contributed by atoms with E-state index in [4.69, 9.17) is 4.74 Å². The number of carbonyl (C=O) groups is 1. The fourth-order valence-corrected chi connectivity index (χ4v) is 3.55. The number of hydrogen-bond acceptors (Lipinski definition) is 5. The Bertz CT molecular complexity index is 952. The third-order valence-corrected chi connectivity index (χ3v) is 4.90. The van der Waals surface area contributed by atoms with Crippen LogP contribution in [0.4, 0.5) is 5.82 Å². The van der Waals surface area contributed by atoms with Crippen molar-refractivity contribution in [3.63, 3.8) is 0 Å². The number of nitrogens with zero attached hydrogens (tertiary/aromatic N) is 4. The summed E-state index contributed by atoms with van der Waals surface area (Å²) >= 11 is 0. The Balaban J connectivity index is 1.67. The number of carboxylic acid groups (broad SMARTS) is 1. The quantitative estimate of drug-likeness (QED) is 0.747. The first-order valence-electron chi connectivity index (χ1n) is 9.21. The van der Waals surface area contributed by atoms with Crippen molar-refractivity contribution in [1.82, 2.24) is 14.6 Å². The zero-order valence-corrected chi connectivity index (χ0v) is 15.2. The molecule has 0 bridgehead atoms. The molecule has 1 N–H and O–H groups in total. The maximum Gasteiger partial charge on any atom is 0.308 e. The first kappa shape index (κ1) is 17.3. The van der Waals surface area contributed by atoms with E-state index < -0.39 is 5.97 Å². The van der Waals surface area contributed by atoms with E-state index in [1.165, 1.54) is 0 Å². The number of carboxylic acids is 1. The van der Waals surface area contributed by atoms with Crippen LogP contribution in [0.5, 0.6) is 5.75 Å². The molecule has 3 heterocycles. The van der Waals surface area contributed by atoms with Crippen LogP contribution in [0.15, 0.2) is 42.7 Å². The van der Waals surface area contributed by atoms with Crippen molar-refractivity contribution < 1.29 is 14.6 Å². The molecular weight excluding hydrogens is 344 g/mol. The van der Waals surface area contributed by atoms with Crippen LogP contribution in [-0.2, 0) is 4.79 Å². The summed E-state index contributed by atoms with van der Waals surface area (Å²) in [6.45, 7) is 3.88. The molecule has 7 heteroatoms. The average Bonchev–Trinajstić information content (AvgIpc) is 3.13. The number of benzene rings is 1. The molecule has 1 aliphatic rings. The fraction of sp³-hybridized carbons (Fsp3) is 0.350. The van der Waals surface area contributed by atoms with E-state index in [0.29, 0.717) is 19.6 Å². The lowest BCUT2D eigenvalue weighted by atomic mass is 9.98. The second-order valence-corrected chi connectivity index (χ2v) is 6.69. The molecule has 27 heavy (non-hydrogen) atoms. The average molecular weight is 366 g/mol. The highest BCUT2D eigenvalue weighted by atomic mass is 16.5. The fourth-order valence-electron chi connectivity index (χ4n) is 3.55. The zero-order chi connectivity index (χ0) is 18.8. The first-order valence-corrected chi connectivity index (χ1v) is 9.21. The second kappa shape index (κ2) is 7.26. The second-order valence-electron chi connectivity index (χ2n) is 6.69. The van der Waals surface area contributed by atoms with E-state index in [1.54, 1.807) is 10.7 Å². The van der Waals surface area contributed by atoms with Gasteiger partial charge in [-0.3, -0.25) is 4.79 Å². The Morgan fingerprint density at radius 2 is 2.15 bits per heavy atom. The Hall–Kier alpha value is -3.09. The molecule has 0 spiro atoms. The van der Waals surface area contributed by atoms with Gasteiger partial charge in [0.1, 0.15) is 11.3 Å². The molecule has 0 amide bonds. The minimum Gasteiger partial charge on any atom is -0.494 e. The lowest BCUT2D eigenvalue weighted by Gasteiger charge is -2.31. The number of rotatable bonds is 5. The number of piperidine rings is 1. The summed E-state index contributed by atoms with van der Waals surface area (Å²) in [6.07, 6.45) is 5.09. The molecule has 1 atom stereocenters. The topological polar surface area (TPSA) is 80.0 Å². The van der Waals surface area contributed by atoms with Crippen LogP contribution in [0.3, 0.4) is 0 Å². The van der Waals surface area contributed by atoms with Gasteiger partial charge in [-0.2, -0.15) is 5.10 Å². The van der Waals surface area contributed by atoms with Crippen LogP contribution in [0.2, 0.25) is 0 Å². The van der Waals surface area contributed by atoms with Crippen molar-refractivity contribution in [2.75, 3.05) is 24.6 Å². The molecule has 1 aromatic carbocycles. The molecule has 140 valence electrons. The van der Waals surface area contributed by atoms with E-state index in [-0.39, 0.29) is 5.92 Å². The van der Waals surface area contributed by atoms with Crippen molar-refractivity contribution in [2.24, 2.45) is 5.92 Å². The third kappa shape index (κ3) is 3.45. The highest BCUT2D eigenvalue weighted by Gasteiger charge is 2.27. The van der Waals surface area contributed by atoms with Gasteiger partial charge in [-0.1, -0.05) is 0 Å². The highest BCUT2D eigenvalue weighted by Crippen LogP contribution is 2.29. The summed E-state index contributed by atoms with van der Waals surface area (Å²) in [7, 11) is 0. The van der Waals surface area contributed by atoms with E-state index in [1.807, 2.05) is 43.5 Å². The number of ether oxygens (including phenoxy) is 1. The molecule has 0 saturated carbocycles. The molecule has 0 radical (unpaired) electrons. The number of anilines is 1. The van der Waals surface area contributed by atoms with Gasteiger partial charge >= 0.3 is 5.97 Å². The predicted molar refractivity (Wildman–Crippen MR) is 102 cm³/mol. The molecule has 3 aromatic rings. The van der Waals surface area contributed by atoms with E-state index in [0.717, 1.165) is 41.3 Å². The van der Waals surface area contributed by atoms with Crippen LogP contribution < -0.4 is 9.64 Å². The van der Waals surface area contributed by atoms with Crippen LogP contribution in [-0.4, -0.2) is 45.4 Å². The van der Waals surface area contributed by atoms with Crippen molar-refractivity contribution in [3.8, 4) is 17.0 Å². The molecule has 4 rings (SSSR count). The molecule has 2 aromatic heterocycles. The first-order chi connectivity index (χ1) is 13.2. The van der Waals surface area contributed by atoms with Crippen LogP contribution in [0.25, 0.3) is 16.8 Å². The molecule has 1 saturated heterocycles. The lowest BCUT2D eigenvalue weighted by Crippen LogP contribution is -2.39. The van der Waals surface area contributed by atoms with Gasteiger partial charge in [0.15, 0.2) is 5.82 Å². The van der Waals surface area contributed by atoms with Gasteiger partial charge in [0.25, 0.3) is 0 Å². The Morgan fingerprint density at radius 1 is 1.33 bits per heavy atom. The number of aromatic nitrogens is 3. The maximum absolute atomic E-state index is 11.4. The van der Waals surface area contributed by atoms with Crippen LogP contribution in [0, 0.1) is 5.92 Å². The molecule has 0 aliphatic carbocycles.